The summed E-state index contributed by atoms with van der Waals surface area (Å²) in [4.78, 5) is 2.50. The zero-order valence-corrected chi connectivity index (χ0v) is 16.6. The number of nitrogens with zero attached hydrogens (tertiary/aromatic N) is 1. The summed E-state index contributed by atoms with van der Waals surface area (Å²) in [5.41, 5.74) is 1.36. The summed E-state index contributed by atoms with van der Waals surface area (Å²) >= 11 is 0. The fourth-order valence-corrected chi connectivity index (χ4v) is 3.91. The second kappa shape index (κ2) is 8.68. The van der Waals surface area contributed by atoms with Crippen molar-refractivity contribution in [3.8, 4) is 11.5 Å². The number of benzene rings is 2. The summed E-state index contributed by atoms with van der Waals surface area (Å²) in [6.45, 7) is 3.00. The van der Waals surface area contributed by atoms with Gasteiger partial charge in [0.1, 0.15) is 17.3 Å². The van der Waals surface area contributed by atoms with Crippen molar-refractivity contribution in [1.82, 2.24) is 4.90 Å². The van der Waals surface area contributed by atoms with Crippen molar-refractivity contribution in [2.45, 2.75) is 25.3 Å². The largest absolute Gasteiger partial charge is 0.497 e. The van der Waals surface area contributed by atoms with Crippen LogP contribution in [-0.4, -0.2) is 32.2 Å². The molecule has 4 nitrogen and oxygen atoms in total. The lowest BCUT2D eigenvalue weighted by atomic mass is 9.90. The average molecular weight is 388 g/mol. The van der Waals surface area contributed by atoms with E-state index in [1.807, 2.05) is 24.5 Å². The van der Waals surface area contributed by atoms with Crippen molar-refractivity contribution in [3.05, 3.63) is 60.1 Å². The van der Waals surface area contributed by atoms with E-state index in [9.17, 15) is 0 Å². The number of halogens is 1. The molecule has 0 spiro atoms. The Morgan fingerprint density at radius 2 is 1.89 bits per heavy atom. The van der Waals surface area contributed by atoms with Gasteiger partial charge in [-0.05, 0) is 61.2 Å². The van der Waals surface area contributed by atoms with Gasteiger partial charge in [0.15, 0.2) is 0 Å². The molecular weight excluding hydrogens is 362 g/mol. The second-order valence-electron chi connectivity index (χ2n) is 6.96. The van der Waals surface area contributed by atoms with Gasteiger partial charge in [0.2, 0.25) is 0 Å². The highest BCUT2D eigenvalue weighted by molar-refractivity contribution is 5.85. The Labute approximate surface area is 166 Å². The normalized spacial score (nSPS) is 17.5. The number of furan rings is 1. The summed E-state index contributed by atoms with van der Waals surface area (Å²) in [5.74, 6) is 3.38. The van der Waals surface area contributed by atoms with Crippen LogP contribution in [0.15, 0.2) is 53.1 Å². The predicted molar refractivity (Wildman–Crippen MR) is 110 cm³/mol. The highest BCUT2D eigenvalue weighted by Gasteiger charge is 2.23. The van der Waals surface area contributed by atoms with Crippen molar-refractivity contribution >= 4 is 23.2 Å². The lowest BCUT2D eigenvalue weighted by Gasteiger charge is -2.32. The summed E-state index contributed by atoms with van der Waals surface area (Å²) in [7, 11) is 3.41. The summed E-state index contributed by atoms with van der Waals surface area (Å²) in [6.07, 6.45) is 4.25. The number of rotatable bonds is 5. The zero-order chi connectivity index (χ0) is 17.9. The van der Waals surface area contributed by atoms with Crippen molar-refractivity contribution in [2.75, 3.05) is 27.3 Å². The average Bonchev–Trinajstić information content (AvgIpc) is 3.10. The molecule has 27 heavy (non-hydrogen) atoms. The van der Waals surface area contributed by atoms with Gasteiger partial charge >= 0.3 is 0 Å². The first-order valence-electron chi connectivity index (χ1n) is 9.17. The standard InChI is InChI=1S/C22H25NO3.ClH/c1-24-19-7-3-5-16(11-19)17-6-4-10-23(13-17)14-22-21-9-8-20(25-2)12-18(21)15-26-22;/h3,5,7-9,11-12,15,17H,4,6,10,13-14H2,1-2H3;1H. The molecule has 1 fully saturated rings. The van der Waals surface area contributed by atoms with Crippen molar-refractivity contribution < 1.29 is 13.9 Å². The quantitative estimate of drug-likeness (QED) is 0.598. The summed E-state index contributed by atoms with van der Waals surface area (Å²) < 4.78 is 16.6. The number of ether oxygens (including phenoxy) is 2. The van der Waals surface area contributed by atoms with Gasteiger partial charge in [-0.3, -0.25) is 4.90 Å². The number of likely N-dealkylation sites (tertiary alicyclic amines) is 1. The van der Waals surface area contributed by atoms with E-state index in [2.05, 4.69) is 29.2 Å². The topological polar surface area (TPSA) is 34.8 Å². The van der Waals surface area contributed by atoms with Gasteiger partial charge in [0.25, 0.3) is 0 Å². The minimum absolute atomic E-state index is 0. The minimum Gasteiger partial charge on any atom is -0.497 e. The Hall–Kier alpha value is -2.17. The third-order valence-electron chi connectivity index (χ3n) is 5.33. The molecule has 0 radical (unpaired) electrons. The molecule has 1 aromatic heterocycles. The molecule has 0 saturated carbocycles. The molecule has 1 atom stereocenters. The highest BCUT2D eigenvalue weighted by Crippen LogP contribution is 2.31. The third-order valence-corrected chi connectivity index (χ3v) is 5.33. The molecule has 0 aliphatic carbocycles. The van der Waals surface area contributed by atoms with Crippen LogP contribution in [0.4, 0.5) is 0 Å². The monoisotopic (exact) mass is 387 g/mol. The molecule has 5 heteroatoms. The van der Waals surface area contributed by atoms with Crippen LogP contribution in [0.5, 0.6) is 11.5 Å². The summed E-state index contributed by atoms with van der Waals surface area (Å²) in [6, 6.07) is 14.6. The Morgan fingerprint density at radius 1 is 1.07 bits per heavy atom. The summed E-state index contributed by atoms with van der Waals surface area (Å²) in [5, 5.41) is 2.27. The van der Waals surface area contributed by atoms with E-state index in [1.165, 1.54) is 23.8 Å². The van der Waals surface area contributed by atoms with Gasteiger partial charge in [-0.15, -0.1) is 12.4 Å². The van der Waals surface area contributed by atoms with E-state index >= 15 is 0 Å². The predicted octanol–water partition coefficient (Wildman–Crippen LogP) is 5.25. The number of fused-ring (bicyclic) bond motifs is 1. The Balaban J connectivity index is 0.00000210. The van der Waals surface area contributed by atoms with Gasteiger partial charge in [-0.25, -0.2) is 0 Å². The first-order valence-corrected chi connectivity index (χ1v) is 9.17. The number of hydrogen-bond donors (Lipinski definition) is 0. The van der Waals surface area contributed by atoms with Crippen LogP contribution in [0.25, 0.3) is 10.8 Å². The zero-order valence-electron chi connectivity index (χ0n) is 15.8. The van der Waals surface area contributed by atoms with Gasteiger partial charge < -0.3 is 13.9 Å². The van der Waals surface area contributed by atoms with Gasteiger partial charge in [-0.1, -0.05) is 12.1 Å². The molecule has 1 aliphatic rings. The van der Waals surface area contributed by atoms with Crippen LogP contribution >= 0.6 is 12.4 Å². The van der Waals surface area contributed by atoms with Gasteiger partial charge in [0.05, 0.1) is 27.0 Å². The minimum atomic E-state index is 0. The van der Waals surface area contributed by atoms with E-state index in [0.29, 0.717) is 5.92 Å². The second-order valence-corrected chi connectivity index (χ2v) is 6.96. The Bertz CT molecular complexity index is 892. The molecule has 0 N–H and O–H groups in total. The molecule has 0 bridgehead atoms. The highest BCUT2D eigenvalue weighted by atomic mass is 35.5. The maximum atomic E-state index is 5.88. The lowest BCUT2D eigenvalue weighted by molar-refractivity contribution is 0.187. The van der Waals surface area contributed by atoms with E-state index in [-0.39, 0.29) is 12.4 Å². The van der Waals surface area contributed by atoms with Crippen LogP contribution in [0, 0.1) is 0 Å². The first-order chi connectivity index (χ1) is 12.8. The molecule has 4 rings (SSSR count). The van der Waals surface area contributed by atoms with Crippen LogP contribution in [0.2, 0.25) is 0 Å². The van der Waals surface area contributed by atoms with E-state index < -0.39 is 0 Å². The lowest BCUT2D eigenvalue weighted by Crippen LogP contribution is -2.33. The van der Waals surface area contributed by atoms with Crippen molar-refractivity contribution in [2.24, 2.45) is 0 Å². The maximum Gasteiger partial charge on any atom is 0.125 e. The number of methoxy groups -OCH3 is 2. The van der Waals surface area contributed by atoms with Gasteiger partial charge in [-0.2, -0.15) is 0 Å². The first kappa shape index (κ1) is 19.6. The Morgan fingerprint density at radius 3 is 2.70 bits per heavy atom. The fraction of sp³-hybridized carbons (Fsp3) is 0.364. The molecule has 0 amide bonds. The molecule has 2 heterocycles. The smallest absolute Gasteiger partial charge is 0.125 e. The molecule has 1 saturated heterocycles. The van der Waals surface area contributed by atoms with Crippen LogP contribution in [0.1, 0.15) is 30.1 Å². The maximum absolute atomic E-state index is 5.88. The Kier molecular flexibility index (Phi) is 6.30. The SMILES string of the molecule is COc1cccc(C2CCCN(Cc3occ4cc(OC)ccc34)C2)c1.Cl. The number of hydrogen-bond acceptors (Lipinski definition) is 4. The van der Waals surface area contributed by atoms with Crippen molar-refractivity contribution in [3.63, 3.8) is 0 Å². The van der Waals surface area contributed by atoms with Crippen molar-refractivity contribution in [1.29, 1.82) is 0 Å². The molecule has 2 aromatic carbocycles. The van der Waals surface area contributed by atoms with Crippen LogP contribution in [0.3, 0.4) is 0 Å². The number of piperidine rings is 1. The van der Waals surface area contributed by atoms with E-state index in [1.54, 1.807) is 14.2 Å². The molecule has 3 aromatic rings. The fourth-order valence-electron chi connectivity index (χ4n) is 3.91. The molecular formula is C22H26ClNO3. The van der Waals surface area contributed by atoms with E-state index in [0.717, 1.165) is 42.3 Å². The van der Waals surface area contributed by atoms with Gasteiger partial charge in [0, 0.05) is 17.3 Å². The molecule has 1 unspecified atom stereocenters. The molecule has 144 valence electrons. The van der Waals surface area contributed by atoms with Crippen LogP contribution in [-0.2, 0) is 6.54 Å². The van der Waals surface area contributed by atoms with E-state index in [4.69, 9.17) is 13.9 Å². The third kappa shape index (κ3) is 4.23. The van der Waals surface area contributed by atoms with Crippen LogP contribution < -0.4 is 9.47 Å². The molecule has 1 aliphatic heterocycles.